The van der Waals surface area contributed by atoms with Crippen molar-refractivity contribution in [3.8, 4) is 0 Å². The molecule has 0 unspecified atom stereocenters. The third-order valence-corrected chi connectivity index (χ3v) is 3.65. The summed E-state index contributed by atoms with van der Waals surface area (Å²) in [5.41, 5.74) is 1.35. The molecule has 0 aromatic carbocycles. The van der Waals surface area contributed by atoms with Crippen LogP contribution in [0.25, 0.3) is 0 Å². The molecule has 100 valence electrons. The summed E-state index contributed by atoms with van der Waals surface area (Å²) in [5.74, 6) is -0.133. The lowest BCUT2D eigenvalue weighted by Crippen LogP contribution is -2.17. The minimum absolute atomic E-state index is 0.133. The van der Waals surface area contributed by atoms with E-state index in [2.05, 4.69) is 49.1 Å². The van der Waals surface area contributed by atoms with Gasteiger partial charge in [-0.25, -0.2) is 0 Å². The van der Waals surface area contributed by atoms with Crippen molar-refractivity contribution in [1.82, 2.24) is 9.55 Å². The van der Waals surface area contributed by atoms with Crippen LogP contribution in [0.15, 0.2) is 39.7 Å². The third kappa shape index (κ3) is 3.45. The van der Waals surface area contributed by atoms with E-state index in [1.807, 2.05) is 16.8 Å². The molecular weight excluding hydrogens is 374 g/mol. The Labute approximate surface area is 128 Å². The number of nitrogens with zero attached hydrogens (tertiary/aromatic N) is 2. The molecule has 4 nitrogen and oxygen atoms in total. The number of aryl methyl sites for hydroxylation is 1. The number of amides is 1. The molecule has 0 aliphatic rings. The molecule has 2 aromatic heterocycles. The van der Waals surface area contributed by atoms with Gasteiger partial charge in [0.15, 0.2) is 0 Å². The van der Waals surface area contributed by atoms with Crippen LogP contribution in [0.1, 0.15) is 23.8 Å². The van der Waals surface area contributed by atoms with Gasteiger partial charge in [-0.05, 0) is 50.4 Å². The molecule has 0 radical (unpaired) electrons. The fourth-order valence-corrected chi connectivity index (χ4v) is 2.57. The van der Waals surface area contributed by atoms with Crippen LogP contribution in [0.2, 0.25) is 0 Å². The fourth-order valence-electron chi connectivity index (χ4n) is 1.75. The molecule has 2 heterocycles. The van der Waals surface area contributed by atoms with Crippen molar-refractivity contribution in [3.63, 3.8) is 0 Å². The number of hydrogen-bond acceptors (Lipinski definition) is 2. The summed E-state index contributed by atoms with van der Waals surface area (Å²) in [5, 5.41) is 2.87. The maximum atomic E-state index is 12.3. The summed E-state index contributed by atoms with van der Waals surface area (Å²) in [4.78, 5) is 16.2. The zero-order valence-electron chi connectivity index (χ0n) is 10.4. The van der Waals surface area contributed by atoms with E-state index in [0.29, 0.717) is 11.4 Å². The Kier molecular flexibility index (Phi) is 4.76. The number of halogens is 2. The highest BCUT2D eigenvalue weighted by molar-refractivity contribution is 9.10. The molecule has 0 aliphatic heterocycles. The lowest BCUT2D eigenvalue weighted by Gasteiger charge is -2.09. The smallest absolute Gasteiger partial charge is 0.272 e. The number of hydrogen-bond donors (Lipinski definition) is 1. The SMILES string of the molecule is CCCn1cc(Br)cc1C(=O)Nc1ccncc1Br. The molecule has 1 N–H and O–H groups in total. The highest BCUT2D eigenvalue weighted by Crippen LogP contribution is 2.22. The van der Waals surface area contributed by atoms with Crippen LogP contribution in [0, 0.1) is 0 Å². The first-order valence-corrected chi connectivity index (χ1v) is 7.47. The summed E-state index contributed by atoms with van der Waals surface area (Å²) in [7, 11) is 0. The molecule has 0 bridgehead atoms. The van der Waals surface area contributed by atoms with E-state index in [-0.39, 0.29) is 5.91 Å². The minimum atomic E-state index is -0.133. The number of nitrogens with one attached hydrogen (secondary N) is 1. The van der Waals surface area contributed by atoms with Gasteiger partial charge in [-0.3, -0.25) is 9.78 Å². The standard InChI is InChI=1S/C13H13Br2N3O/c1-2-5-18-8-9(14)6-12(18)13(19)17-11-3-4-16-7-10(11)15/h3-4,6-8H,2,5H2,1H3,(H,16,17,19). The van der Waals surface area contributed by atoms with Gasteiger partial charge < -0.3 is 9.88 Å². The predicted molar refractivity (Wildman–Crippen MR) is 82.3 cm³/mol. The van der Waals surface area contributed by atoms with E-state index in [0.717, 1.165) is 21.9 Å². The third-order valence-electron chi connectivity index (χ3n) is 2.58. The van der Waals surface area contributed by atoms with Gasteiger partial charge in [0.05, 0.1) is 10.2 Å². The summed E-state index contributed by atoms with van der Waals surface area (Å²) in [6, 6.07) is 3.57. The second kappa shape index (κ2) is 6.34. The predicted octanol–water partition coefficient (Wildman–Crippen LogP) is 4.07. The van der Waals surface area contributed by atoms with Crippen molar-refractivity contribution in [1.29, 1.82) is 0 Å². The Morgan fingerprint density at radius 3 is 2.95 bits per heavy atom. The Morgan fingerprint density at radius 2 is 2.26 bits per heavy atom. The van der Waals surface area contributed by atoms with Crippen molar-refractivity contribution in [3.05, 3.63) is 45.4 Å². The second-order valence-electron chi connectivity index (χ2n) is 4.05. The molecule has 1 amide bonds. The molecular formula is C13H13Br2N3O. The van der Waals surface area contributed by atoms with Crippen molar-refractivity contribution in [2.45, 2.75) is 19.9 Å². The van der Waals surface area contributed by atoms with Crippen LogP contribution in [-0.2, 0) is 6.54 Å². The first-order valence-electron chi connectivity index (χ1n) is 5.88. The monoisotopic (exact) mass is 385 g/mol. The summed E-state index contributed by atoms with van der Waals surface area (Å²) in [6.07, 6.45) is 6.18. The van der Waals surface area contributed by atoms with E-state index in [1.54, 1.807) is 18.5 Å². The Balaban J connectivity index is 2.23. The Bertz CT molecular complexity index is 595. The quantitative estimate of drug-likeness (QED) is 0.860. The first-order chi connectivity index (χ1) is 9.11. The van der Waals surface area contributed by atoms with Gasteiger partial charge in [-0.15, -0.1) is 0 Å². The first kappa shape index (κ1) is 14.3. The van der Waals surface area contributed by atoms with E-state index in [4.69, 9.17) is 0 Å². The average Bonchev–Trinajstić information content (AvgIpc) is 2.74. The molecule has 0 aliphatic carbocycles. The number of carbonyl (C=O) groups is 1. The molecule has 0 spiro atoms. The Hall–Kier alpha value is -1.14. The van der Waals surface area contributed by atoms with Gasteiger partial charge in [0.1, 0.15) is 5.69 Å². The molecule has 2 rings (SSSR count). The molecule has 0 atom stereocenters. The van der Waals surface area contributed by atoms with Gasteiger partial charge >= 0.3 is 0 Å². The van der Waals surface area contributed by atoms with Crippen LogP contribution in [0.3, 0.4) is 0 Å². The normalized spacial score (nSPS) is 10.5. The zero-order chi connectivity index (χ0) is 13.8. The van der Waals surface area contributed by atoms with Crippen LogP contribution >= 0.6 is 31.9 Å². The number of carbonyl (C=O) groups excluding carboxylic acids is 1. The van der Waals surface area contributed by atoms with Crippen molar-refractivity contribution in [2.75, 3.05) is 5.32 Å². The van der Waals surface area contributed by atoms with Crippen molar-refractivity contribution >= 4 is 43.5 Å². The van der Waals surface area contributed by atoms with E-state index in [1.165, 1.54) is 0 Å². The van der Waals surface area contributed by atoms with Crippen molar-refractivity contribution < 1.29 is 4.79 Å². The van der Waals surface area contributed by atoms with Crippen LogP contribution < -0.4 is 5.32 Å². The summed E-state index contributed by atoms with van der Waals surface area (Å²) >= 11 is 6.76. The molecule has 0 fully saturated rings. The zero-order valence-corrected chi connectivity index (χ0v) is 13.5. The lowest BCUT2D eigenvalue weighted by atomic mass is 10.3. The molecule has 0 saturated heterocycles. The van der Waals surface area contributed by atoms with E-state index >= 15 is 0 Å². The van der Waals surface area contributed by atoms with Gasteiger partial charge in [0.25, 0.3) is 5.91 Å². The fraction of sp³-hybridized carbons (Fsp3) is 0.231. The van der Waals surface area contributed by atoms with Gasteiger partial charge in [-0.1, -0.05) is 6.92 Å². The van der Waals surface area contributed by atoms with Crippen LogP contribution in [0.4, 0.5) is 5.69 Å². The Morgan fingerprint density at radius 1 is 1.47 bits per heavy atom. The summed E-state index contributed by atoms with van der Waals surface area (Å²) in [6.45, 7) is 2.89. The number of pyridine rings is 1. The molecule has 6 heteroatoms. The molecule has 19 heavy (non-hydrogen) atoms. The number of anilines is 1. The largest absolute Gasteiger partial charge is 0.342 e. The number of aromatic nitrogens is 2. The maximum absolute atomic E-state index is 12.3. The van der Waals surface area contributed by atoms with Gasteiger partial charge in [0, 0.05) is 29.6 Å². The summed E-state index contributed by atoms with van der Waals surface area (Å²) < 4.78 is 3.60. The van der Waals surface area contributed by atoms with Crippen molar-refractivity contribution in [2.24, 2.45) is 0 Å². The van der Waals surface area contributed by atoms with E-state index in [9.17, 15) is 4.79 Å². The topological polar surface area (TPSA) is 46.9 Å². The highest BCUT2D eigenvalue weighted by atomic mass is 79.9. The minimum Gasteiger partial charge on any atom is -0.342 e. The second-order valence-corrected chi connectivity index (χ2v) is 5.82. The molecule has 2 aromatic rings. The van der Waals surface area contributed by atoms with E-state index < -0.39 is 0 Å². The maximum Gasteiger partial charge on any atom is 0.272 e. The lowest BCUT2D eigenvalue weighted by molar-refractivity contribution is 0.101. The average molecular weight is 387 g/mol. The van der Waals surface area contributed by atoms with Crippen LogP contribution in [0.5, 0.6) is 0 Å². The highest BCUT2D eigenvalue weighted by Gasteiger charge is 2.13. The number of rotatable bonds is 4. The van der Waals surface area contributed by atoms with Crippen LogP contribution in [-0.4, -0.2) is 15.5 Å². The molecule has 0 saturated carbocycles. The van der Waals surface area contributed by atoms with Gasteiger partial charge in [0.2, 0.25) is 0 Å². The van der Waals surface area contributed by atoms with Gasteiger partial charge in [-0.2, -0.15) is 0 Å².